The highest BCUT2D eigenvalue weighted by Crippen LogP contribution is 2.29. The van der Waals surface area contributed by atoms with Crippen LogP contribution in [0.2, 0.25) is 5.02 Å². The van der Waals surface area contributed by atoms with Gasteiger partial charge < -0.3 is 9.47 Å². The Morgan fingerprint density at radius 1 is 1.20 bits per heavy atom. The molecule has 1 heterocycles. The van der Waals surface area contributed by atoms with Gasteiger partial charge in [-0.15, -0.1) is 0 Å². The van der Waals surface area contributed by atoms with Gasteiger partial charge in [-0.3, -0.25) is 9.36 Å². The standard InChI is InChI=1S/C17H13ClF2N2O3/c1-24-15-6-10(2-5-14(15)25-17(19)20)8-22-9-21-13-7-11(18)3-4-12(13)16(22)23/h2-7,9,17H,8H2,1H3. The van der Waals surface area contributed by atoms with Crippen LogP contribution < -0.4 is 15.0 Å². The number of rotatable bonds is 5. The molecule has 0 unspecified atom stereocenters. The van der Waals surface area contributed by atoms with Gasteiger partial charge in [0, 0.05) is 5.02 Å². The summed E-state index contributed by atoms with van der Waals surface area (Å²) in [5.74, 6) is 0.0891. The molecule has 8 heteroatoms. The number of nitrogens with zero attached hydrogens (tertiary/aromatic N) is 2. The lowest BCUT2D eigenvalue weighted by Gasteiger charge is -2.12. The van der Waals surface area contributed by atoms with Crippen molar-refractivity contribution in [2.75, 3.05) is 7.11 Å². The van der Waals surface area contributed by atoms with Crippen LogP contribution in [-0.2, 0) is 6.54 Å². The molecule has 0 atom stereocenters. The molecule has 0 fully saturated rings. The molecule has 0 aliphatic rings. The van der Waals surface area contributed by atoms with Crippen LogP contribution in [0.1, 0.15) is 5.56 Å². The Bertz CT molecular complexity index is 976. The minimum atomic E-state index is -2.95. The topological polar surface area (TPSA) is 53.4 Å². The van der Waals surface area contributed by atoms with Crippen LogP contribution in [0.25, 0.3) is 10.9 Å². The van der Waals surface area contributed by atoms with Gasteiger partial charge in [-0.05, 0) is 35.9 Å². The lowest BCUT2D eigenvalue weighted by Crippen LogP contribution is -2.21. The van der Waals surface area contributed by atoms with E-state index in [4.69, 9.17) is 16.3 Å². The average Bonchev–Trinajstić information content (AvgIpc) is 2.58. The summed E-state index contributed by atoms with van der Waals surface area (Å²) in [4.78, 5) is 16.8. The molecule has 5 nitrogen and oxygen atoms in total. The summed E-state index contributed by atoms with van der Waals surface area (Å²) in [7, 11) is 1.35. The first kappa shape index (κ1) is 17.2. The van der Waals surface area contributed by atoms with Crippen molar-refractivity contribution < 1.29 is 18.3 Å². The van der Waals surface area contributed by atoms with Crippen LogP contribution in [0.4, 0.5) is 8.78 Å². The van der Waals surface area contributed by atoms with Crippen LogP contribution >= 0.6 is 11.6 Å². The van der Waals surface area contributed by atoms with Gasteiger partial charge in [-0.2, -0.15) is 8.78 Å². The maximum atomic E-state index is 12.5. The van der Waals surface area contributed by atoms with Crippen molar-refractivity contribution in [2.45, 2.75) is 13.2 Å². The fourth-order valence-electron chi connectivity index (χ4n) is 2.44. The lowest BCUT2D eigenvalue weighted by atomic mass is 10.2. The second kappa shape index (κ2) is 7.06. The minimum Gasteiger partial charge on any atom is -0.493 e. The van der Waals surface area contributed by atoms with Crippen LogP contribution in [0.15, 0.2) is 47.5 Å². The maximum Gasteiger partial charge on any atom is 0.387 e. The highest BCUT2D eigenvalue weighted by atomic mass is 35.5. The van der Waals surface area contributed by atoms with E-state index in [0.29, 0.717) is 21.5 Å². The minimum absolute atomic E-state index is 0.0696. The van der Waals surface area contributed by atoms with Gasteiger partial charge in [0.2, 0.25) is 0 Å². The van der Waals surface area contributed by atoms with Gasteiger partial charge in [0.15, 0.2) is 11.5 Å². The van der Waals surface area contributed by atoms with Gasteiger partial charge in [-0.1, -0.05) is 17.7 Å². The van der Waals surface area contributed by atoms with Gasteiger partial charge in [0.1, 0.15) is 0 Å². The Balaban J connectivity index is 1.94. The molecule has 130 valence electrons. The van der Waals surface area contributed by atoms with Crippen molar-refractivity contribution in [1.29, 1.82) is 0 Å². The van der Waals surface area contributed by atoms with Crippen molar-refractivity contribution in [3.63, 3.8) is 0 Å². The van der Waals surface area contributed by atoms with Crippen molar-refractivity contribution >= 4 is 22.5 Å². The number of hydrogen-bond donors (Lipinski definition) is 0. The summed E-state index contributed by atoms with van der Waals surface area (Å²) < 4.78 is 35.6. The molecule has 0 aliphatic carbocycles. The predicted octanol–water partition coefficient (Wildman–Crippen LogP) is 3.71. The van der Waals surface area contributed by atoms with Crippen molar-refractivity contribution in [2.24, 2.45) is 0 Å². The molecule has 0 aliphatic heterocycles. The van der Waals surface area contributed by atoms with E-state index < -0.39 is 6.61 Å². The van der Waals surface area contributed by atoms with E-state index >= 15 is 0 Å². The molecule has 3 rings (SSSR count). The predicted molar refractivity (Wildman–Crippen MR) is 89.7 cm³/mol. The molecule has 25 heavy (non-hydrogen) atoms. The monoisotopic (exact) mass is 366 g/mol. The van der Waals surface area contributed by atoms with Gasteiger partial charge in [0.25, 0.3) is 5.56 Å². The average molecular weight is 367 g/mol. The van der Waals surface area contributed by atoms with Gasteiger partial charge in [-0.25, -0.2) is 4.98 Å². The van der Waals surface area contributed by atoms with Crippen LogP contribution in [0, 0.1) is 0 Å². The maximum absolute atomic E-state index is 12.5. The molecule has 1 aromatic heterocycles. The Morgan fingerprint density at radius 2 is 2.00 bits per heavy atom. The second-order valence-corrected chi connectivity index (χ2v) is 5.64. The smallest absolute Gasteiger partial charge is 0.387 e. The number of fused-ring (bicyclic) bond motifs is 1. The van der Waals surface area contributed by atoms with E-state index in [-0.39, 0.29) is 23.6 Å². The zero-order valence-corrected chi connectivity index (χ0v) is 13.8. The first-order chi connectivity index (χ1) is 12.0. The fraction of sp³-hybridized carbons (Fsp3) is 0.176. The number of methoxy groups -OCH3 is 1. The third kappa shape index (κ3) is 3.71. The molecule has 0 amide bonds. The molecule has 0 saturated carbocycles. The van der Waals surface area contributed by atoms with Gasteiger partial charge in [0.05, 0.1) is 30.9 Å². The molecule has 0 spiro atoms. The fourth-order valence-corrected chi connectivity index (χ4v) is 2.61. The van der Waals surface area contributed by atoms with E-state index in [1.54, 1.807) is 24.3 Å². The quantitative estimate of drug-likeness (QED) is 0.690. The number of hydrogen-bond acceptors (Lipinski definition) is 4. The van der Waals surface area contributed by atoms with E-state index in [9.17, 15) is 13.6 Å². The van der Waals surface area contributed by atoms with Crippen molar-refractivity contribution in [3.8, 4) is 11.5 Å². The molecule has 0 bridgehead atoms. The normalized spacial score (nSPS) is 11.1. The van der Waals surface area contributed by atoms with Crippen LogP contribution in [-0.4, -0.2) is 23.3 Å². The first-order valence-electron chi connectivity index (χ1n) is 7.24. The van der Waals surface area contributed by atoms with Crippen molar-refractivity contribution in [1.82, 2.24) is 9.55 Å². The van der Waals surface area contributed by atoms with Gasteiger partial charge >= 0.3 is 6.61 Å². The molecule has 0 saturated heterocycles. The van der Waals surface area contributed by atoms with E-state index in [1.807, 2.05) is 0 Å². The lowest BCUT2D eigenvalue weighted by molar-refractivity contribution is -0.0512. The zero-order chi connectivity index (χ0) is 18.0. The zero-order valence-electron chi connectivity index (χ0n) is 13.1. The third-order valence-electron chi connectivity index (χ3n) is 3.58. The number of benzene rings is 2. The summed E-state index contributed by atoms with van der Waals surface area (Å²) in [6, 6.07) is 9.34. The summed E-state index contributed by atoms with van der Waals surface area (Å²) >= 11 is 5.90. The second-order valence-electron chi connectivity index (χ2n) is 5.20. The Kier molecular flexibility index (Phi) is 4.85. The molecule has 2 aromatic carbocycles. The SMILES string of the molecule is COc1cc(Cn2cnc3cc(Cl)ccc3c2=O)ccc1OC(F)F. The van der Waals surface area contributed by atoms with Crippen LogP contribution in [0.5, 0.6) is 11.5 Å². The number of alkyl halides is 2. The Morgan fingerprint density at radius 3 is 2.72 bits per heavy atom. The third-order valence-corrected chi connectivity index (χ3v) is 3.82. The van der Waals surface area contributed by atoms with E-state index in [1.165, 1.54) is 30.1 Å². The summed E-state index contributed by atoms with van der Waals surface area (Å²) in [6.07, 6.45) is 1.41. The molecule has 3 aromatic rings. The van der Waals surface area contributed by atoms with E-state index in [2.05, 4.69) is 9.72 Å². The number of halogens is 3. The van der Waals surface area contributed by atoms with Crippen LogP contribution in [0.3, 0.4) is 0 Å². The Hall–Kier alpha value is -2.67. The summed E-state index contributed by atoms with van der Waals surface area (Å²) in [5, 5.41) is 0.938. The number of aromatic nitrogens is 2. The van der Waals surface area contributed by atoms with Crippen molar-refractivity contribution in [3.05, 3.63) is 63.7 Å². The first-order valence-corrected chi connectivity index (χ1v) is 7.62. The highest BCUT2D eigenvalue weighted by molar-refractivity contribution is 6.31. The molecular weight excluding hydrogens is 354 g/mol. The highest BCUT2D eigenvalue weighted by Gasteiger charge is 2.12. The largest absolute Gasteiger partial charge is 0.493 e. The molecular formula is C17H13ClF2N2O3. The molecule has 0 N–H and O–H groups in total. The summed E-state index contributed by atoms with van der Waals surface area (Å²) in [6.45, 7) is -2.74. The molecule has 0 radical (unpaired) electrons. The summed E-state index contributed by atoms with van der Waals surface area (Å²) in [5.41, 5.74) is 0.955. The van der Waals surface area contributed by atoms with E-state index in [0.717, 1.165) is 0 Å². The Labute approximate surface area is 146 Å². The number of ether oxygens (including phenoxy) is 2.